The molecule has 0 aliphatic rings. The molecule has 2 aromatic heterocycles. The summed E-state index contributed by atoms with van der Waals surface area (Å²) in [7, 11) is 0. The van der Waals surface area contributed by atoms with Crippen LogP contribution in [-0.2, 0) is 0 Å². The Morgan fingerprint density at radius 1 is 1.25 bits per heavy atom. The molecule has 0 fully saturated rings. The van der Waals surface area contributed by atoms with Gasteiger partial charge in [0.1, 0.15) is 6.33 Å². The largest absolute Gasteiger partial charge is 0.289 e. The molecule has 0 amide bonds. The van der Waals surface area contributed by atoms with Crippen molar-refractivity contribution in [3.8, 4) is 5.82 Å². The molecule has 0 saturated heterocycles. The average Bonchev–Trinajstić information content (AvgIpc) is 2.58. The zero-order chi connectivity index (χ0) is 8.39. The third-order valence-electron chi connectivity index (χ3n) is 1.55. The van der Waals surface area contributed by atoms with Gasteiger partial charge in [-0.2, -0.15) is 5.10 Å². The zero-order valence-electron chi connectivity index (χ0n) is 6.68. The Kier molecular flexibility index (Phi) is 1.59. The minimum Gasteiger partial charge on any atom is -0.289 e. The highest BCUT2D eigenvalue weighted by Gasteiger charge is 1.95. The van der Waals surface area contributed by atoms with E-state index in [4.69, 9.17) is 0 Å². The second-order valence-corrected chi connectivity index (χ2v) is 2.50. The number of aromatic nitrogens is 4. The summed E-state index contributed by atoms with van der Waals surface area (Å²) in [4.78, 5) is 3.92. The van der Waals surface area contributed by atoms with Crippen LogP contribution in [0, 0.1) is 6.92 Å². The summed E-state index contributed by atoms with van der Waals surface area (Å²) in [6, 6.07) is 3.83. The van der Waals surface area contributed by atoms with Crippen LogP contribution in [0.25, 0.3) is 5.82 Å². The average molecular weight is 160 g/mol. The molecule has 0 aromatic carbocycles. The Labute approximate surface area is 69.9 Å². The lowest BCUT2D eigenvalue weighted by Crippen LogP contribution is -1.96. The van der Waals surface area contributed by atoms with Crippen LogP contribution in [0.2, 0.25) is 0 Å². The molecular weight excluding hydrogens is 152 g/mol. The zero-order valence-corrected chi connectivity index (χ0v) is 6.68. The highest BCUT2D eigenvalue weighted by molar-refractivity contribution is 5.20. The maximum Gasteiger partial charge on any atom is 0.160 e. The van der Waals surface area contributed by atoms with E-state index in [0.29, 0.717) is 0 Å². The molecule has 2 aromatic rings. The summed E-state index contributed by atoms with van der Waals surface area (Å²) in [5, 5.41) is 7.93. The second-order valence-electron chi connectivity index (χ2n) is 2.50. The van der Waals surface area contributed by atoms with Gasteiger partial charge in [-0.15, -0.1) is 5.10 Å². The van der Waals surface area contributed by atoms with Crippen LogP contribution < -0.4 is 0 Å². The van der Waals surface area contributed by atoms with Gasteiger partial charge in [0.2, 0.25) is 0 Å². The Balaban J connectivity index is 2.43. The summed E-state index contributed by atoms with van der Waals surface area (Å²) >= 11 is 0. The predicted molar refractivity (Wildman–Crippen MR) is 43.9 cm³/mol. The molecule has 2 rings (SSSR count). The maximum absolute atomic E-state index is 3.99. The lowest BCUT2D eigenvalue weighted by Gasteiger charge is -1.98. The van der Waals surface area contributed by atoms with Gasteiger partial charge in [0, 0.05) is 12.4 Å². The van der Waals surface area contributed by atoms with Crippen molar-refractivity contribution in [2.75, 3.05) is 0 Å². The molecule has 0 saturated carbocycles. The highest BCUT2D eigenvalue weighted by Crippen LogP contribution is 2.01. The van der Waals surface area contributed by atoms with Crippen LogP contribution in [0.4, 0.5) is 0 Å². The number of hydrogen-bond donors (Lipinski definition) is 0. The number of rotatable bonds is 1. The van der Waals surface area contributed by atoms with E-state index in [2.05, 4.69) is 15.2 Å². The molecule has 0 bridgehead atoms. The molecule has 0 aliphatic carbocycles. The quantitative estimate of drug-likeness (QED) is 0.624. The number of hydrogen-bond acceptors (Lipinski definition) is 3. The van der Waals surface area contributed by atoms with E-state index in [1.807, 2.05) is 29.8 Å². The standard InChI is InChI=1S/C8H8N4/c1-7-2-3-8(11-10-7)12-5-4-9-6-12/h2-6H,1H3. The van der Waals surface area contributed by atoms with Crippen LogP contribution in [0.1, 0.15) is 5.69 Å². The Bertz CT molecular complexity index is 349. The summed E-state index contributed by atoms with van der Waals surface area (Å²) in [5.74, 6) is 0.790. The van der Waals surface area contributed by atoms with Crippen molar-refractivity contribution in [3.05, 3.63) is 36.5 Å². The molecule has 0 N–H and O–H groups in total. The second kappa shape index (κ2) is 2.73. The fourth-order valence-corrected chi connectivity index (χ4v) is 0.924. The van der Waals surface area contributed by atoms with Gasteiger partial charge >= 0.3 is 0 Å². The molecule has 0 aliphatic heterocycles. The molecular formula is C8H8N4. The maximum atomic E-state index is 3.99. The number of nitrogens with zero attached hydrogens (tertiary/aromatic N) is 4. The summed E-state index contributed by atoms with van der Waals surface area (Å²) < 4.78 is 1.81. The number of imidazole rings is 1. The van der Waals surface area contributed by atoms with E-state index in [0.717, 1.165) is 11.5 Å². The Morgan fingerprint density at radius 3 is 2.75 bits per heavy atom. The monoisotopic (exact) mass is 160 g/mol. The van der Waals surface area contributed by atoms with Gasteiger partial charge in [0.15, 0.2) is 5.82 Å². The van der Waals surface area contributed by atoms with Crippen molar-refractivity contribution in [2.45, 2.75) is 6.92 Å². The Morgan fingerprint density at radius 2 is 2.17 bits per heavy atom. The fourth-order valence-electron chi connectivity index (χ4n) is 0.924. The third-order valence-corrected chi connectivity index (χ3v) is 1.55. The van der Waals surface area contributed by atoms with Crippen molar-refractivity contribution in [2.24, 2.45) is 0 Å². The molecule has 0 atom stereocenters. The number of aryl methyl sites for hydroxylation is 1. The molecule has 2 heterocycles. The molecule has 0 spiro atoms. The van der Waals surface area contributed by atoms with Crippen molar-refractivity contribution in [1.29, 1.82) is 0 Å². The minimum atomic E-state index is 0.790. The first-order valence-electron chi connectivity index (χ1n) is 3.65. The SMILES string of the molecule is Cc1ccc(-n2ccnc2)nn1. The van der Waals surface area contributed by atoms with Crippen molar-refractivity contribution >= 4 is 0 Å². The van der Waals surface area contributed by atoms with Crippen LogP contribution in [-0.4, -0.2) is 19.7 Å². The molecule has 4 heteroatoms. The van der Waals surface area contributed by atoms with E-state index < -0.39 is 0 Å². The third kappa shape index (κ3) is 1.18. The van der Waals surface area contributed by atoms with Gasteiger partial charge in [-0.3, -0.25) is 4.57 Å². The molecule has 4 nitrogen and oxygen atoms in total. The first-order valence-corrected chi connectivity index (χ1v) is 3.65. The Hall–Kier alpha value is -1.71. The first kappa shape index (κ1) is 6.97. The van der Waals surface area contributed by atoms with Crippen LogP contribution in [0.5, 0.6) is 0 Å². The van der Waals surface area contributed by atoms with Gasteiger partial charge in [-0.1, -0.05) is 0 Å². The van der Waals surface area contributed by atoms with Gasteiger partial charge in [-0.25, -0.2) is 4.98 Å². The summed E-state index contributed by atoms with van der Waals surface area (Å²) in [6.45, 7) is 1.91. The lowest BCUT2D eigenvalue weighted by atomic mass is 10.4. The molecule has 12 heavy (non-hydrogen) atoms. The minimum absolute atomic E-state index is 0.790. The van der Waals surface area contributed by atoms with Crippen LogP contribution in [0.15, 0.2) is 30.9 Å². The smallest absolute Gasteiger partial charge is 0.160 e. The molecule has 0 radical (unpaired) electrons. The van der Waals surface area contributed by atoms with E-state index in [9.17, 15) is 0 Å². The topological polar surface area (TPSA) is 43.6 Å². The highest BCUT2D eigenvalue weighted by atomic mass is 15.2. The van der Waals surface area contributed by atoms with Crippen molar-refractivity contribution < 1.29 is 0 Å². The van der Waals surface area contributed by atoms with Crippen LogP contribution in [0.3, 0.4) is 0 Å². The predicted octanol–water partition coefficient (Wildman–Crippen LogP) is 0.971. The van der Waals surface area contributed by atoms with Gasteiger partial charge in [0.05, 0.1) is 5.69 Å². The van der Waals surface area contributed by atoms with Crippen molar-refractivity contribution in [1.82, 2.24) is 19.7 Å². The van der Waals surface area contributed by atoms with Gasteiger partial charge in [-0.05, 0) is 19.1 Å². The van der Waals surface area contributed by atoms with E-state index in [1.54, 1.807) is 12.5 Å². The van der Waals surface area contributed by atoms with Gasteiger partial charge < -0.3 is 0 Å². The molecule has 60 valence electrons. The first-order chi connectivity index (χ1) is 5.86. The molecule has 0 unspecified atom stereocenters. The van der Waals surface area contributed by atoms with Crippen LogP contribution >= 0.6 is 0 Å². The lowest BCUT2D eigenvalue weighted by molar-refractivity contribution is 0.891. The van der Waals surface area contributed by atoms with Crippen molar-refractivity contribution in [3.63, 3.8) is 0 Å². The normalized spacial score (nSPS) is 10.1. The van der Waals surface area contributed by atoms with E-state index in [-0.39, 0.29) is 0 Å². The summed E-state index contributed by atoms with van der Waals surface area (Å²) in [5.41, 5.74) is 0.916. The summed E-state index contributed by atoms with van der Waals surface area (Å²) in [6.07, 6.45) is 5.24. The van der Waals surface area contributed by atoms with E-state index in [1.165, 1.54) is 0 Å². The van der Waals surface area contributed by atoms with E-state index >= 15 is 0 Å². The van der Waals surface area contributed by atoms with Gasteiger partial charge in [0.25, 0.3) is 0 Å². The fraction of sp³-hybridized carbons (Fsp3) is 0.125.